The van der Waals surface area contributed by atoms with Crippen LogP contribution in [0.5, 0.6) is 5.75 Å². The van der Waals surface area contributed by atoms with Crippen molar-refractivity contribution in [2.45, 2.75) is 12.8 Å². The van der Waals surface area contributed by atoms with Crippen molar-refractivity contribution in [3.8, 4) is 11.8 Å². The summed E-state index contributed by atoms with van der Waals surface area (Å²) in [7, 11) is 0. The maximum Gasteiger partial charge on any atom is 0.287 e. The van der Waals surface area contributed by atoms with Crippen LogP contribution in [0.2, 0.25) is 0 Å². The van der Waals surface area contributed by atoms with Crippen molar-refractivity contribution < 1.29 is 9.66 Å². The fourth-order valence-corrected chi connectivity index (χ4v) is 2.15. The third-order valence-corrected chi connectivity index (χ3v) is 3.16. The van der Waals surface area contributed by atoms with Gasteiger partial charge in [-0.3, -0.25) is 15.0 Å². The molecule has 0 bridgehead atoms. The lowest BCUT2D eigenvalue weighted by molar-refractivity contribution is -0.385. The molecule has 6 nitrogen and oxygen atoms in total. The van der Waals surface area contributed by atoms with E-state index in [0.717, 1.165) is 19.6 Å². The van der Waals surface area contributed by atoms with Crippen molar-refractivity contribution in [1.29, 1.82) is 5.26 Å². The third-order valence-electron chi connectivity index (χ3n) is 3.16. The van der Waals surface area contributed by atoms with Crippen molar-refractivity contribution in [3.05, 3.63) is 33.9 Å². The molecule has 100 valence electrons. The van der Waals surface area contributed by atoms with Crippen LogP contribution in [0.15, 0.2) is 18.2 Å². The molecule has 1 aliphatic heterocycles. The summed E-state index contributed by atoms with van der Waals surface area (Å²) in [5, 5.41) is 19.6. The summed E-state index contributed by atoms with van der Waals surface area (Å²) < 4.78 is 5.53. The van der Waals surface area contributed by atoms with E-state index >= 15 is 0 Å². The molecule has 1 heterocycles. The number of nitriles is 1. The van der Waals surface area contributed by atoms with E-state index < -0.39 is 4.92 Å². The van der Waals surface area contributed by atoms with E-state index in [9.17, 15) is 10.1 Å². The minimum Gasteiger partial charge on any atom is -0.492 e. The van der Waals surface area contributed by atoms with Gasteiger partial charge in [0.25, 0.3) is 5.69 Å². The van der Waals surface area contributed by atoms with Gasteiger partial charge in [0.05, 0.1) is 4.92 Å². The van der Waals surface area contributed by atoms with Gasteiger partial charge in [-0.2, -0.15) is 5.26 Å². The summed E-state index contributed by atoms with van der Waals surface area (Å²) in [6.07, 6.45) is 2.46. The predicted octanol–water partition coefficient (Wildman–Crippen LogP) is 1.94. The fourth-order valence-electron chi connectivity index (χ4n) is 2.15. The van der Waals surface area contributed by atoms with E-state index in [1.807, 2.05) is 6.07 Å². The molecule has 1 aliphatic rings. The topological polar surface area (TPSA) is 79.4 Å². The van der Waals surface area contributed by atoms with Gasteiger partial charge in [0.15, 0.2) is 0 Å². The minimum atomic E-state index is -0.563. The Labute approximate surface area is 111 Å². The fraction of sp³-hybridized carbons (Fsp3) is 0.462. The van der Waals surface area contributed by atoms with Crippen LogP contribution in [0.1, 0.15) is 18.4 Å². The highest BCUT2D eigenvalue weighted by atomic mass is 16.6. The molecule has 0 aromatic heterocycles. The van der Waals surface area contributed by atoms with E-state index in [4.69, 9.17) is 10.00 Å². The Morgan fingerprint density at radius 1 is 1.42 bits per heavy atom. The maximum absolute atomic E-state index is 10.7. The molecule has 0 saturated carbocycles. The number of nitrogens with zero attached hydrogens (tertiary/aromatic N) is 3. The predicted molar refractivity (Wildman–Crippen MR) is 69.0 cm³/mol. The van der Waals surface area contributed by atoms with Gasteiger partial charge in [0.1, 0.15) is 24.0 Å². The molecule has 1 aromatic carbocycles. The number of rotatable bonds is 5. The molecule has 2 rings (SSSR count). The van der Waals surface area contributed by atoms with Gasteiger partial charge >= 0.3 is 0 Å². The Morgan fingerprint density at radius 3 is 2.79 bits per heavy atom. The summed E-state index contributed by atoms with van der Waals surface area (Å²) in [6, 6.07) is 6.08. The number of nitro groups is 1. The molecule has 0 spiro atoms. The summed E-state index contributed by atoms with van der Waals surface area (Å²) in [4.78, 5) is 12.4. The number of nitro benzene ring substituents is 1. The first-order valence-corrected chi connectivity index (χ1v) is 6.24. The molecule has 0 N–H and O–H groups in total. The normalized spacial score (nSPS) is 15.1. The Bertz CT molecular complexity index is 504. The van der Waals surface area contributed by atoms with Gasteiger partial charge in [-0.05, 0) is 32.0 Å². The minimum absolute atomic E-state index is 0.0312. The molecule has 0 amide bonds. The van der Waals surface area contributed by atoms with Crippen molar-refractivity contribution in [3.63, 3.8) is 0 Å². The standard InChI is InChI=1S/C13H15N3O3/c14-10-11-9-12(3-4-13(11)16(17)18)19-8-7-15-5-1-2-6-15/h3-4,9H,1-2,5-8H2. The van der Waals surface area contributed by atoms with E-state index in [1.54, 1.807) is 0 Å². The molecule has 0 unspecified atom stereocenters. The third kappa shape index (κ3) is 3.42. The van der Waals surface area contributed by atoms with E-state index in [-0.39, 0.29) is 11.3 Å². The largest absolute Gasteiger partial charge is 0.492 e. The quantitative estimate of drug-likeness (QED) is 0.597. The Morgan fingerprint density at radius 2 is 2.16 bits per heavy atom. The lowest BCUT2D eigenvalue weighted by atomic mass is 10.2. The van der Waals surface area contributed by atoms with E-state index in [2.05, 4.69) is 4.90 Å². The van der Waals surface area contributed by atoms with Crippen molar-refractivity contribution in [2.24, 2.45) is 0 Å². The molecular formula is C13H15N3O3. The first-order chi connectivity index (χ1) is 9.20. The lowest BCUT2D eigenvalue weighted by Gasteiger charge is -2.14. The number of ether oxygens (including phenoxy) is 1. The molecular weight excluding hydrogens is 246 g/mol. The molecule has 6 heteroatoms. The van der Waals surface area contributed by atoms with Gasteiger partial charge in [-0.1, -0.05) is 0 Å². The zero-order chi connectivity index (χ0) is 13.7. The second kappa shape index (κ2) is 6.16. The lowest BCUT2D eigenvalue weighted by Crippen LogP contribution is -2.25. The number of hydrogen-bond donors (Lipinski definition) is 0. The highest BCUT2D eigenvalue weighted by Crippen LogP contribution is 2.23. The van der Waals surface area contributed by atoms with E-state index in [1.165, 1.54) is 31.0 Å². The summed E-state index contributed by atoms with van der Waals surface area (Å²) in [5.41, 5.74) is -0.155. The summed E-state index contributed by atoms with van der Waals surface area (Å²) in [5.74, 6) is 0.501. The number of likely N-dealkylation sites (tertiary alicyclic amines) is 1. The molecule has 1 aromatic rings. The van der Waals surface area contributed by atoms with Gasteiger partial charge in [0, 0.05) is 18.7 Å². The van der Waals surface area contributed by atoms with Crippen molar-refractivity contribution in [1.82, 2.24) is 4.90 Å². The number of benzene rings is 1. The molecule has 1 fully saturated rings. The van der Waals surface area contributed by atoms with Gasteiger partial charge in [-0.15, -0.1) is 0 Å². The first kappa shape index (κ1) is 13.3. The van der Waals surface area contributed by atoms with Gasteiger partial charge in [0.2, 0.25) is 0 Å². The van der Waals surface area contributed by atoms with Crippen LogP contribution in [-0.4, -0.2) is 36.1 Å². The second-order valence-corrected chi connectivity index (χ2v) is 4.45. The van der Waals surface area contributed by atoms with Crippen LogP contribution in [0.25, 0.3) is 0 Å². The van der Waals surface area contributed by atoms with Crippen molar-refractivity contribution in [2.75, 3.05) is 26.2 Å². The van der Waals surface area contributed by atoms with Crippen LogP contribution in [0.4, 0.5) is 5.69 Å². The van der Waals surface area contributed by atoms with Crippen LogP contribution < -0.4 is 4.74 Å². The molecule has 0 radical (unpaired) electrons. The monoisotopic (exact) mass is 261 g/mol. The molecule has 0 aliphatic carbocycles. The van der Waals surface area contributed by atoms with Gasteiger partial charge in [-0.25, -0.2) is 0 Å². The average Bonchev–Trinajstić information content (AvgIpc) is 2.91. The zero-order valence-electron chi connectivity index (χ0n) is 10.5. The Hall–Kier alpha value is -2.13. The highest BCUT2D eigenvalue weighted by Gasteiger charge is 2.15. The summed E-state index contributed by atoms with van der Waals surface area (Å²) >= 11 is 0. The van der Waals surface area contributed by atoms with Crippen molar-refractivity contribution >= 4 is 5.69 Å². The molecule has 0 atom stereocenters. The number of hydrogen-bond acceptors (Lipinski definition) is 5. The second-order valence-electron chi connectivity index (χ2n) is 4.45. The molecule has 19 heavy (non-hydrogen) atoms. The van der Waals surface area contributed by atoms with Crippen LogP contribution >= 0.6 is 0 Å². The van der Waals surface area contributed by atoms with E-state index in [0.29, 0.717) is 12.4 Å². The smallest absolute Gasteiger partial charge is 0.287 e. The average molecular weight is 261 g/mol. The van der Waals surface area contributed by atoms with Crippen LogP contribution in [0.3, 0.4) is 0 Å². The molecule has 1 saturated heterocycles. The first-order valence-electron chi connectivity index (χ1n) is 6.24. The summed E-state index contributed by atoms with van der Waals surface area (Å²) in [6.45, 7) is 3.59. The SMILES string of the molecule is N#Cc1cc(OCCN2CCCC2)ccc1[N+](=O)[O-]. The Kier molecular flexibility index (Phi) is 4.31. The zero-order valence-corrected chi connectivity index (χ0v) is 10.5. The Balaban J connectivity index is 1.93. The van der Waals surface area contributed by atoms with Crippen LogP contribution in [0, 0.1) is 21.4 Å². The van der Waals surface area contributed by atoms with Crippen LogP contribution in [-0.2, 0) is 0 Å². The van der Waals surface area contributed by atoms with Gasteiger partial charge < -0.3 is 4.74 Å². The highest BCUT2D eigenvalue weighted by molar-refractivity contribution is 5.52. The maximum atomic E-state index is 10.7.